The third kappa shape index (κ3) is 3.89. The van der Waals surface area contributed by atoms with Crippen molar-refractivity contribution in [3.63, 3.8) is 0 Å². The lowest BCUT2D eigenvalue weighted by Crippen LogP contribution is -2.46. The van der Waals surface area contributed by atoms with Gasteiger partial charge in [0.05, 0.1) is 5.56 Å². The molecule has 1 heterocycles. The highest BCUT2D eigenvalue weighted by Gasteiger charge is 2.20. The van der Waals surface area contributed by atoms with Crippen molar-refractivity contribution >= 4 is 45.8 Å². The van der Waals surface area contributed by atoms with Crippen LogP contribution in [0.5, 0.6) is 0 Å². The van der Waals surface area contributed by atoms with E-state index in [1.807, 2.05) is 24.3 Å². The molecule has 0 aliphatic carbocycles. The summed E-state index contributed by atoms with van der Waals surface area (Å²) in [4.78, 5) is 14.2. The van der Waals surface area contributed by atoms with Crippen molar-refractivity contribution in [3.8, 4) is 0 Å². The molecule has 0 bridgehead atoms. The molecule has 1 aromatic carbocycles. The molecule has 1 aromatic rings. The van der Waals surface area contributed by atoms with Gasteiger partial charge in [0.15, 0.2) is 5.11 Å². The summed E-state index contributed by atoms with van der Waals surface area (Å²) in [6.45, 7) is 4.13. The third-order valence-corrected chi connectivity index (χ3v) is 4.71. The number of benzene rings is 1. The number of hydrogen-bond acceptors (Lipinski definition) is 2. The Morgan fingerprint density at radius 1 is 1.37 bits per heavy atom. The van der Waals surface area contributed by atoms with Crippen molar-refractivity contribution in [2.24, 2.45) is 5.92 Å². The third-order valence-electron chi connectivity index (χ3n) is 3.41. The van der Waals surface area contributed by atoms with Gasteiger partial charge in [0.25, 0.3) is 5.91 Å². The van der Waals surface area contributed by atoms with Crippen molar-refractivity contribution in [1.29, 1.82) is 0 Å². The highest BCUT2D eigenvalue weighted by molar-refractivity contribution is 14.1. The average Bonchev–Trinajstić information content (AvgIpc) is 2.39. The fraction of sp³-hybridized carbons (Fsp3) is 0.429. The summed E-state index contributed by atoms with van der Waals surface area (Å²) >= 11 is 7.49. The predicted octanol–water partition coefficient (Wildman–Crippen LogP) is 3.04. The molecule has 0 atom stereocenters. The first-order valence-electron chi connectivity index (χ1n) is 6.42. The lowest BCUT2D eigenvalue weighted by molar-refractivity contribution is 0.0971. The van der Waals surface area contributed by atoms with Crippen LogP contribution in [0.25, 0.3) is 0 Å². The number of thiocarbonyl (C=S) groups is 1. The highest BCUT2D eigenvalue weighted by Crippen LogP contribution is 2.16. The van der Waals surface area contributed by atoms with Gasteiger partial charge in [-0.2, -0.15) is 0 Å². The summed E-state index contributed by atoms with van der Waals surface area (Å²) in [5, 5.41) is 3.39. The largest absolute Gasteiger partial charge is 0.349 e. The molecule has 102 valence electrons. The summed E-state index contributed by atoms with van der Waals surface area (Å²) in [6.07, 6.45) is 2.28. The zero-order valence-electron chi connectivity index (χ0n) is 10.9. The van der Waals surface area contributed by atoms with Gasteiger partial charge in [-0.3, -0.25) is 10.1 Å². The molecule has 3 nitrogen and oxygen atoms in total. The van der Waals surface area contributed by atoms with E-state index >= 15 is 0 Å². The van der Waals surface area contributed by atoms with Crippen LogP contribution in [0.4, 0.5) is 0 Å². The van der Waals surface area contributed by atoms with Crippen LogP contribution >= 0.6 is 34.8 Å². The minimum atomic E-state index is -0.117. The van der Waals surface area contributed by atoms with Gasteiger partial charge in [0.1, 0.15) is 0 Å². The van der Waals surface area contributed by atoms with E-state index in [2.05, 4.69) is 39.7 Å². The van der Waals surface area contributed by atoms with E-state index in [4.69, 9.17) is 12.2 Å². The van der Waals surface area contributed by atoms with E-state index < -0.39 is 0 Å². The number of nitrogens with one attached hydrogen (secondary N) is 1. The molecule has 0 radical (unpaired) electrons. The van der Waals surface area contributed by atoms with Gasteiger partial charge in [0, 0.05) is 16.7 Å². The number of nitrogens with zero attached hydrogens (tertiary/aromatic N) is 1. The summed E-state index contributed by atoms with van der Waals surface area (Å²) in [6, 6.07) is 7.52. The zero-order valence-corrected chi connectivity index (χ0v) is 13.8. The van der Waals surface area contributed by atoms with Crippen molar-refractivity contribution in [2.75, 3.05) is 13.1 Å². The van der Waals surface area contributed by atoms with Crippen LogP contribution in [0, 0.1) is 9.49 Å². The molecule has 0 saturated carbocycles. The number of carbonyl (C=O) groups is 1. The molecule has 1 saturated heterocycles. The van der Waals surface area contributed by atoms with Gasteiger partial charge >= 0.3 is 0 Å². The number of hydrogen-bond donors (Lipinski definition) is 1. The second-order valence-electron chi connectivity index (χ2n) is 4.91. The Balaban J connectivity index is 1.96. The molecule has 2 rings (SSSR count). The summed E-state index contributed by atoms with van der Waals surface area (Å²) < 4.78 is 0.938. The summed E-state index contributed by atoms with van der Waals surface area (Å²) in [5.74, 6) is 0.637. The van der Waals surface area contributed by atoms with E-state index in [1.165, 1.54) is 0 Å². The van der Waals surface area contributed by atoms with Crippen molar-refractivity contribution in [1.82, 2.24) is 10.2 Å². The van der Waals surface area contributed by atoms with E-state index in [-0.39, 0.29) is 5.91 Å². The number of halogens is 1. The van der Waals surface area contributed by atoms with E-state index in [1.54, 1.807) is 0 Å². The van der Waals surface area contributed by atoms with Gasteiger partial charge in [-0.1, -0.05) is 19.1 Å². The van der Waals surface area contributed by atoms with Crippen molar-refractivity contribution in [3.05, 3.63) is 33.4 Å². The maximum absolute atomic E-state index is 12.2. The molecule has 0 spiro atoms. The number of likely N-dealkylation sites (tertiary alicyclic amines) is 1. The molecule has 1 fully saturated rings. The second kappa shape index (κ2) is 6.65. The molecule has 19 heavy (non-hydrogen) atoms. The lowest BCUT2D eigenvalue weighted by Gasteiger charge is -2.32. The van der Waals surface area contributed by atoms with Gasteiger partial charge in [-0.15, -0.1) is 0 Å². The number of amides is 1. The fourth-order valence-corrected chi connectivity index (χ4v) is 3.01. The maximum atomic E-state index is 12.2. The Bertz CT molecular complexity index is 484. The Morgan fingerprint density at radius 2 is 2.00 bits per heavy atom. The van der Waals surface area contributed by atoms with Gasteiger partial charge in [-0.05, 0) is 65.7 Å². The maximum Gasteiger partial charge on any atom is 0.258 e. The van der Waals surface area contributed by atoms with Gasteiger partial charge in [-0.25, -0.2) is 0 Å². The van der Waals surface area contributed by atoms with Crippen LogP contribution in [-0.2, 0) is 0 Å². The molecule has 0 unspecified atom stereocenters. The molecule has 1 aliphatic rings. The minimum Gasteiger partial charge on any atom is -0.349 e. The standard InChI is InChI=1S/C14H17IN2OS/c1-10-6-8-17(9-7-10)14(19)16-13(18)11-4-2-3-5-12(11)15/h2-5,10H,6-9H2,1H3,(H,16,18,19). The van der Waals surface area contributed by atoms with Crippen molar-refractivity contribution < 1.29 is 4.79 Å². The lowest BCUT2D eigenvalue weighted by atomic mass is 10.00. The van der Waals surface area contributed by atoms with Crippen LogP contribution in [0.15, 0.2) is 24.3 Å². The first-order chi connectivity index (χ1) is 9.08. The topological polar surface area (TPSA) is 32.3 Å². The normalized spacial score (nSPS) is 16.2. The monoisotopic (exact) mass is 388 g/mol. The summed E-state index contributed by atoms with van der Waals surface area (Å²) in [5.41, 5.74) is 0.677. The molecule has 1 aliphatic heterocycles. The molecule has 1 amide bonds. The highest BCUT2D eigenvalue weighted by atomic mass is 127. The first-order valence-corrected chi connectivity index (χ1v) is 7.91. The first kappa shape index (κ1) is 14.7. The van der Waals surface area contributed by atoms with E-state index in [0.29, 0.717) is 10.7 Å². The molecule has 5 heteroatoms. The minimum absolute atomic E-state index is 0.117. The van der Waals surface area contributed by atoms with Crippen LogP contribution in [0.1, 0.15) is 30.1 Å². The van der Waals surface area contributed by atoms with Crippen LogP contribution in [-0.4, -0.2) is 29.0 Å². The number of carbonyl (C=O) groups excluding carboxylic acids is 1. The smallest absolute Gasteiger partial charge is 0.258 e. The molecular formula is C14H17IN2OS. The SMILES string of the molecule is CC1CCN(C(=S)NC(=O)c2ccccc2I)CC1. The predicted molar refractivity (Wildman–Crippen MR) is 89.2 cm³/mol. The Labute approximate surface area is 132 Å². The molecular weight excluding hydrogens is 371 g/mol. The van der Waals surface area contributed by atoms with Gasteiger partial charge < -0.3 is 4.90 Å². The quantitative estimate of drug-likeness (QED) is 0.593. The Hall–Kier alpha value is -0.690. The van der Waals surface area contributed by atoms with Crippen LogP contribution < -0.4 is 5.32 Å². The van der Waals surface area contributed by atoms with Crippen LogP contribution in [0.2, 0.25) is 0 Å². The van der Waals surface area contributed by atoms with Gasteiger partial charge in [0.2, 0.25) is 0 Å². The Kier molecular flexibility index (Phi) is 5.15. The fourth-order valence-electron chi connectivity index (χ4n) is 2.10. The van der Waals surface area contributed by atoms with Crippen molar-refractivity contribution in [2.45, 2.75) is 19.8 Å². The molecule has 0 aromatic heterocycles. The van der Waals surface area contributed by atoms with Crippen LogP contribution in [0.3, 0.4) is 0 Å². The second-order valence-corrected chi connectivity index (χ2v) is 6.46. The Morgan fingerprint density at radius 3 is 2.63 bits per heavy atom. The number of rotatable bonds is 1. The zero-order chi connectivity index (χ0) is 13.8. The molecule has 1 N–H and O–H groups in total. The summed E-state index contributed by atoms with van der Waals surface area (Å²) in [7, 11) is 0. The van der Waals surface area contributed by atoms with E-state index in [0.717, 1.165) is 35.4 Å². The average molecular weight is 388 g/mol. The van der Waals surface area contributed by atoms with E-state index in [9.17, 15) is 4.79 Å². The number of piperidine rings is 1.